The van der Waals surface area contributed by atoms with Crippen molar-refractivity contribution in [2.24, 2.45) is 0 Å². The molecule has 11 aromatic carbocycles. The van der Waals surface area contributed by atoms with Gasteiger partial charge in [-0.3, -0.25) is 13.7 Å². The molecule has 6 heteroatoms. The maximum atomic E-state index is 9.80. The zero-order valence-corrected chi connectivity index (χ0v) is 49.9. The van der Waals surface area contributed by atoms with Gasteiger partial charge in [-0.05, 0) is 136 Å². The van der Waals surface area contributed by atoms with E-state index in [9.17, 15) is 5.48 Å². The van der Waals surface area contributed by atoms with Gasteiger partial charge in [0.25, 0.3) is 6.33 Å². The Morgan fingerprint density at radius 1 is 0.442 bits per heavy atom. The van der Waals surface area contributed by atoms with Gasteiger partial charge < -0.3 is 4.74 Å². The number of aromatic nitrogens is 4. The summed E-state index contributed by atoms with van der Waals surface area (Å²) in [6, 6.07) is 84.2. The average Bonchev–Trinajstić information content (AvgIpc) is 1.69. The number of hydrogen-bond acceptors (Lipinski definition) is 2. The summed E-state index contributed by atoms with van der Waals surface area (Å²) in [6.07, 6.45) is 5.82. The zero-order valence-electron chi connectivity index (χ0n) is 53.9. The van der Waals surface area contributed by atoms with Gasteiger partial charge in [0.1, 0.15) is 17.3 Å². The molecule has 15 rings (SSSR count). The van der Waals surface area contributed by atoms with E-state index in [1.165, 1.54) is 21.1 Å². The standard InChI is InChI=1S/C80H64N4OSi/c1-79(2,3)55-45-46-81-76(49-55)84-73-39-22-21-37-67(73)68-43-41-59(51-75(68)84)85-58-28-23-27-57(50-58)82-53-83-77-70(54-25-11-7-12-26-54)47-56(80(4,5)6)48-72(77)71-52-63(42-44-66(71)64-35-19-20-36-65(64)69-38-24-40-74(82)78(69)83)86(60-29-13-8-14-30-60,61-31-15-9-16-32-61)62-33-17-10-18-34-62/h7-52H,1-6H3/i7D,11D,12D,25D,26D. The van der Waals surface area contributed by atoms with Crippen molar-refractivity contribution >= 4 is 61.7 Å². The fourth-order valence-electron chi connectivity index (χ4n) is 13.2. The quantitative estimate of drug-likeness (QED) is 0.0625. The van der Waals surface area contributed by atoms with E-state index < -0.39 is 31.6 Å². The molecule has 1 aliphatic heterocycles. The van der Waals surface area contributed by atoms with Crippen LogP contribution in [0.15, 0.2) is 279 Å². The van der Waals surface area contributed by atoms with Crippen LogP contribution in [-0.2, 0) is 10.8 Å². The SMILES string of the molecule is [2H]c1c([2H])c([2H])c(-c2cc(C(C)(C)C)cc3c2-[n+]2[c-]n(-c4cccc(Oc5ccc6c7ccccc7n(-c7cc(C(C)(C)C)ccn7)c6c5)c4)c4cccc(c42)-c2ccccc2-c2ccc([Si](c4ccccc4)(c4ccccc4)c4ccccc4)cc2-3)c([2H])c1[2H]. The summed E-state index contributed by atoms with van der Waals surface area (Å²) >= 11 is 0. The summed E-state index contributed by atoms with van der Waals surface area (Å²) in [6.45, 7) is 13.2. The van der Waals surface area contributed by atoms with E-state index in [1.807, 2.05) is 36.5 Å². The summed E-state index contributed by atoms with van der Waals surface area (Å²) in [7, 11) is -3.18. The number of pyridine rings is 1. The second-order valence-electron chi connectivity index (χ2n) is 24.6. The lowest BCUT2D eigenvalue weighted by molar-refractivity contribution is -0.570. The molecule has 0 bridgehead atoms. The summed E-state index contributed by atoms with van der Waals surface area (Å²) in [5.74, 6) is 2.09. The van der Waals surface area contributed by atoms with Gasteiger partial charge in [-0.1, -0.05) is 260 Å². The lowest BCUT2D eigenvalue weighted by Gasteiger charge is -2.35. The molecule has 0 N–H and O–H groups in total. The van der Waals surface area contributed by atoms with Gasteiger partial charge in [0.15, 0.2) is 8.07 Å². The number of fused-ring (bicyclic) bond motifs is 10. The van der Waals surface area contributed by atoms with Crippen LogP contribution in [0.5, 0.6) is 11.5 Å². The molecule has 414 valence electrons. The van der Waals surface area contributed by atoms with E-state index in [-0.39, 0.29) is 23.1 Å². The van der Waals surface area contributed by atoms with Gasteiger partial charge in [0.05, 0.1) is 40.3 Å². The van der Waals surface area contributed by atoms with Crippen molar-refractivity contribution in [3.8, 4) is 73.2 Å². The predicted octanol–water partition coefficient (Wildman–Crippen LogP) is 16.9. The Labute approximate surface area is 511 Å². The van der Waals surface area contributed by atoms with Gasteiger partial charge in [-0.2, -0.15) is 0 Å². The van der Waals surface area contributed by atoms with Crippen molar-refractivity contribution in [3.05, 3.63) is 297 Å². The first-order valence-electron chi connectivity index (χ1n) is 31.9. The first kappa shape index (κ1) is 47.2. The Morgan fingerprint density at radius 3 is 1.72 bits per heavy atom. The number of rotatable bonds is 9. The maximum Gasteiger partial charge on any atom is 0.269 e. The Bertz CT molecular complexity index is 5120. The summed E-state index contributed by atoms with van der Waals surface area (Å²) < 4.78 is 60.2. The highest BCUT2D eigenvalue weighted by Gasteiger charge is 2.42. The Balaban J connectivity index is 1.01. The Kier molecular flexibility index (Phi) is 11.3. The minimum atomic E-state index is -3.18. The topological polar surface area (TPSA) is 35.9 Å². The molecule has 3 aromatic heterocycles. The third-order valence-electron chi connectivity index (χ3n) is 17.3. The number of benzene rings is 11. The molecule has 0 fully saturated rings. The summed E-state index contributed by atoms with van der Waals surface area (Å²) in [5.41, 5.74) is 12.9. The molecule has 0 atom stereocenters. The molecule has 5 nitrogen and oxygen atoms in total. The van der Waals surface area contributed by atoms with E-state index in [0.29, 0.717) is 22.7 Å². The van der Waals surface area contributed by atoms with E-state index in [1.54, 1.807) is 0 Å². The van der Waals surface area contributed by atoms with Crippen molar-refractivity contribution in [1.82, 2.24) is 14.1 Å². The van der Waals surface area contributed by atoms with Crippen molar-refractivity contribution in [2.45, 2.75) is 52.4 Å². The summed E-state index contributed by atoms with van der Waals surface area (Å²) in [5, 5.41) is 7.04. The maximum absolute atomic E-state index is 9.80. The van der Waals surface area contributed by atoms with E-state index in [2.05, 4.69) is 274 Å². The minimum Gasteiger partial charge on any atom is -0.458 e. The zero-order chi connectivity index (χ0) is 62.7. The molecule has 4 heterocycles. The highest BCUT2D eigenvalue weighted by Crippen LogP contribution is 2.47. The van der Waals surface area contributed by atoms with Gasteiger partial charge in [-0.15, -0.1) is 0 Å². The third-order valence-corrected chi connectivity index (χ3v) is 22.1. The molecular weight excluding hydrogens is 1060 g/mol. The van der Waals surface area contributed by atoms with E-state index in [4.69, 9.17) is 11.1 Å². The average molecular weight is 1130 g/mol. The van der Waals surface area contributed by atoms with Crippen LogP contribution in [0.3, 0.4) is 0 Å². The van der Waals surface area contributed by atoms with E-state index >= 15 is 0 Å². The Morgan fingerprint density at radius 2 is 1.02 bits per heavy atom. The van der Waals surface area contributed by atoms with Crippen LogP contribution in [0.25, 0.3) is 94.5 Å². The molecule has 0 unspecified atom stereocenters. The normalized spacial score (nSPS) is 13.1. The van der Waals surface area contributed by atoms with Crippen LogP contribution in [-0.4, -0.2) is 22.2 Å². The molecular formula is C80H64N4OSi. The summed E-state index contributed by atoms with van der Waals surface area (Å²) in [4.78, 5) is 4.93. The van der Waals surface area contributed by atoms with Crippen LogP contribution >= 0.6 is 0 Å². The fraction of sp³-hybridized carbons (Fsp3) is 0.100. The fourth-order valence-corrected chi connectivity index (χ4v) is 17.9. The molecule has 0 aliphatic carbocycles. The van der Waals surface area contributed by atoms with Crippen molar-refractivity contribution in [2.75, 3.05) is 0 Å². The van der Waals surface area contributed by atoms with Crippen LogP contribution in [0.2, 0.25) is 0 Å². The van der Waals surface area contributed by atoms with Gasteiger partial charge in [-0.25, -0.2) is 4.98 Å². The Hall–Kier alpha value is -10.1. The monoisotopic (exact) mass is 1130 g/mol. The first-order valence-corrected chi connectivity index (χ1v) is 31.4. The number of hydrogen-bond donors (Lipinski definition) is 0. The van der Waals surface area contributed by atoms with Gasteiger partial charge in [0.2, 0.25) is 0 Å². The van der Waals surface area contributed by atoms with Crippen molar-refractivity contribution in [1.29, 1.82) is 0 Å². The highest BCUT2D eigenvalue weighted by molar-refractivity contribution is 7.20. The van der Waals surface area contributed by atoms with E-state index in [0.717, 1.165) is 88.5 Å². The largest absolute Gasteiger partial charge is 0.458 e. The van der Waals surface area contributed by atoms with Crippen LogP contribution < -0.4 is 30.1 Å². The number of nitrogens with zero attached hydrogens (tertiary/aromatic N) is 4. The minimum absolute atomic E-state index is 0.0797. The van der Waals surface area contributed by atoms with Gasteiger partial charge >= 0.3 is 0 Å². The second-order valence-corrected chi connectivity index (χ2v) is 28.4. The lowest BCUT2D eigenvalue weighted by atomic mass is 9.81. The molecule has 0 radical (unpaired) electrons. The first-order chi connectivity index (χ1) is 44.0. The molecule has 0 saturated carbocycles. The number of para-hydroxylation sites is 2. The predicted molar refractivity (Wildman–Crippen MR) is 359 cm³/mol. The smallest absolute Gasteiger partial charge is 0.269 e. The lowest BCUT2D eigenvalue weighted by Crippen LogP contribution is -2.74. The molecule has 0 spiro atoms. The van der Waals surface area contributed by atoms with Crippen molar-refractivity contribution < 1.29 is 16.2 Å². The molecule has 1 aliphatic rings. The number of imidazole rings is 1. The van der Waals surface area contributed by atoms with Crippen LogP contribution in [0.4, 0.5) is 0 Å². The second kappa shape index (κ2) is 20.6. The molecule has 14 aromatic rings. The molecule has 0 amide bonds. The molecule has 86 heavy (non-hydrogen) atoms. The van der Waals surface area contributed by atoms with Crippen LogP contribution in [0, 0.1) is 6.33 Å². The third kappa shape index (κ3) is 8.73. The molecule has 0 saturated heterocycles. The van der Waals surface area contributed by atoms with Crippen LogP contribution in [0.1, 0.15) is 59.5 Å². The highest BCUT2D eigenvalue weighted by atomic mass is 28.3. The van der Waals surface area contributed by atoms with Gasteiger partial charge in [0, 0.05) is 23.0 Å². The number of ether oxygens (including phenoxy) is 1. The van der Waals surface area contributed by atoms with Crippen molar-refractivity contribution in [3.63, 3.8) is 0 Å².